The number of azo groups is 1. The van der Waals surface area contributed by atoms with Crippen molar-refractivity contribution in [1.82, 2.24) is 0 Å². The van der Waals surface area contributed by atoms with Crippen LogP contribution in [-0.2, 0) is 4.84 Å². The summed E-state index contributed by atoms with van der Waals surface area (Å²) in [6, 6.07) is 20.3. The molecule has 28 heavy (non-hydrogen) atoms. The van der Waals surface area contributed by atoms with E-state index in [0.717, 1.165) is 5.56 Å². The Morgan fingerprint density at radius 2 is 1.61 bits per heavy atom. The molecule has 0 aliphatic carbocycles. The number of carbonyl (C=O) groups is 2. The third kappa shape index (κ3) is 4.79. The monoisotopic (exact) mass is 374 g/mol. The zero-order valence-corrected chi connectivity index (χ0v) is 15.1. The summed E-state index contributed by atoms with van der Waals surface area (Å²) in [5, 5.41) is 7.58. The lowest BCUT2D eigenvalue weighted by Gasteiger charge is -2.07. The first-order valence-electron chi connectivity index (χ1n) is 8.47. The maximum Gasteiger partial charge on any atom is 0.362 e. The average molecular weight is 374 g/mol. The van der Waals surface area contributed by atoms with Crippen LogP contribution in [0.5, 0.6) is 0 Å². The summed E-state index contributed by atoms with van der Waals surface area (Å²) in [5.41, 5.74) is 11.5. The molecule has 7 heteroatoms. The van der Waals surface area contributed by atoms with Gasteiger partial charge in [-0.3, -0.25) is 4.79 Å². The van der Waals surface area contributed by atoms with Gasteiger partial charge in [-0.2, -0.15) is 0 Å². The van der Waals surface area contributed by atoms with Crippen LogP contribution in [0, 0.1) is 6.92 Å². The van der Waals surface area contributed by atoms with E-state index < -0.39 is 11.9 Å². The molecule has 0 aliphatic heterocycles. The number of benzene rings is 3. The molecule has 0 aliphatic rings. The van der Waals surface area contributed by atoms with Crippen LogP contribution in [0.25, 0.3) is 0 Å². The lowest BCUT2D eigenvalue weighted by molar-refractivity contribution is 0.0596. The molecule has 0 saturated heterocycles. The minimum Gasteiger partial charge on any atom is -0.398 e. The number of hydrogen-bond donors (Lipinski definition) is 2. The van der Waals surface area contributed by atoms with E-state index in [-0.39, 0.29) is 0 Å². The van der Waals surface area contributed by atoms with Crippen molar-refractivity contribution in [3.05, 3.63) is 89.5 Å². The number of nitrogens with two attached hydrogens (primary N) is 1. The van der Waals surface area contributed by atoms with E-state index >= 15 is 0 Å². The Labute approximate surface area is 161 Å². The molecular weight excluding hydrogens is 356 g/mol. The van der Waals surface area contributed by atoms with E-state index in [1.54, 1.807) is 60.7 Å². The fourth-order valence-corrected chi connectivity index (χ4v) is 2.30. The SMILES string of the molecule is Cc1ccc(C(=O)ONc2ccc(N=NC(=O)c3ccccc3N)cc2)cc1. The van der Waals surface area contributed by atoms with Crippen molar-refractivity contribution in [2.45, 2.75) is 6.92 Å². The highest BCUT2D eigenvalue weighted by Crippen LogP contribution is 2.19. The molecule has 0 saturated carbocycles. The lowest BCUT2D eigenvalue weighted by Crippen LogP contribution is -2.10. The Hall–Kier alpha value is -4.00. The third-order valence-electron chi connectivity index (χ3n) is 3.86. The molecule has 0 spiro atoms. The molecule has 0 bridgehead atoms. The quantitative estimate of drug-likeness (QED) is 0.383. The van der Waals surface area contributed by atoms with Gasteiger partial charge in [0.25, 0.3) is 5.91 Å². The van der Waals surface area contributed by atoms with Crippen LogP contribution in [-0.4, -0.2) is 11.9 Å². The van der Waals surface area contributed by atoms with Gasteiger partial charge in [0.05, 0.1) is 22.5 Å². The molecule has 0 aromatic heterocycles. The van der Waals surface area contributed by atoms with Gasteiger partial charge in [0, 0.05) is 5.69 Å². The smallest absolute Gasteiger partial charge is 0.362 e. The van der Waals surface area contributed by atoms with Crippen LogP contribution in [0.2, 0.25) is 0 Å². The average Bonchev–Trinajstić information content (AvgIpc) is 2.72. The minimum atomic E-state index is -0.521. The zero-order valence-electron chi connectivity index (χ0n) is 15.1. The number of nitrogens with zero attached hydrogens (tertiary/aromatic N) is 2. The molecule has 0 radical (unpaired) electrons. The summed E-state index contributed by atoms with van der Waals surface area (Å²) in [4.78, 5) is 29.1. The predicted molar refractivity (Wildman–Crippen MR) is 106 cm³/mol. The van der Waals surface area contributed by atoms with Crippen LogP contribution < -0.4 is 11.2 Å². The normalized spacial score (nSPS) is 10.6. The van der Waals surface area contributed by atoms with Crippen LogP contribution in [0.4, 0.5) is 17.1 Å². The Morgan fingerprint density at radius 1 is 0.929 bits per heavy atom. The maximum atomic E-state index is 12.0. The maximum absolute atomic E-state index is 12.0. The molecule has 7 nitrogen and oxygen atoms in total. The van der Waals surface area contributed by atoms with Crippen molar-refractivity contribution in [3.8, 4) is 0 Å². The Kier molecular flexibility index (Phi) is 5.76. The fourth-order valence-electron chi connectivity index (χ4n) is 2.30. The van der Waals surface area contributed by atoms with E-state index in [4.69, 9.17) is 10.6 Å². The molecule has 3 aromatic carbocycles. The number of nitrogens with one attached hydrogen (secondary N) is 1. The van der Waals surface area contributed by atoms with Gasteiger partial charge in [0.15, 0.2) is 0 Å². The van der Waals surface area contributed by atoms with Gasteiger partial charge in [-0.05, 0) is 55.5 Å². The minimum absolute atomic E-state index is 0.299. The second kappa shape index (κ2) is 8.59. The van der Waals surface area contributed by atoms with Crippen LogP contribution in [0.3, 0.4) is 0 Å². The highest BCUT2D eigenvalue weighted by Gasteiger charge is 2.08. The van der Waals surface area contributed by atoms with Gasteiger partial charge in [0.1, 0.15) is 0 Å². The lowest BCUT2D eigenvalue weighted by atomic mass is 10.2. The van der Waals surface area contributed by atoms with Crippen LogP contribution in [0.15, 0.2) is 83.0 Å². The number of carbonyl (C=O) groups excluding carboxylic acids is 2. The highest BCUT2D eigenvalue weighted by atomic mass is 16.7. The van der Waals surface area contributed by atoms with Crippen molar-refractivity contribution < 1.29 is 14.4 Å². The van der Waals surface area contributed by atoms with E-state index in [0.29, 0.717) is 28.2 Å². The second-order valence-electron chi connectivity index (χ2n) is 6.00. The molecule has 0 unspecified atom stereocenters. The van der Waals surface area contributed by atoms with Gasteiger partial charge in [-0.15, -0.1) is 10.2 Å². The number of amides is 1. The van der Waals surface area contributed by atoms with Crippen molar-refractivity contribution in [1.29, 1.82) is 0 Å². The fraction of sp³-hybridized carbons (Fsp3) is 0.0476. The van der Waals surface area contributed by atoms with E-state index in [1.165, 1.54) is 0 Å². The molecule has 3 rings (SSSR count). The first kappa shape index (κ1) is 18.8. The van der Waals surface area contributed by atoms with E-state index in [1.807, 2.05) is 19.1 Å². The van der Waals surface area contributed by atoms with Crippen molar-refractivity contribution in [2.75, 3.05) is 11.2 Å². The Balaban J connectivity index is 1.57. The topological polar surface area (TPSA) is 106 Å². The van der Waals surface area contributed by atoms with Gasteiger partial charge in [-0.25, -0.2) is 10.3 Å². The standard InChI is InChI=1S/C21H18N4O3/c1-14-6-8-15(9-7-14)21(27)28-25-17-12-10-16(11-13-17)23-24-20(26)18-4-2-3-5-19(18)22/h2-13,25H,22H2,1H3. The molecule has 0 heterocycles. The van der Waals surface area contributed by atoms with Crippen molar-refractivity contribution >= 4 is 28.9 Å². The molecule has 3 aromatic rings. The molecule has 140 valence electrons. The summed E-state index contributed by atoms with van der Waals surface area (Å²) in [6.07, 6.45) is 0. The van der Waals surface area contributed by atoms with Gasteiger partial charge in [0.2, 0.25) is 0 Å². The number of aryl methyl sites for hydroxylation is 1. The Morgan fingerprint density at radius 3 is 2.29 bits per heavy atom. The summed E-state index contributed by atoms with van der Waals surface area (Å²) in [7, 11) is 0. The van der Waals surface area contributed by atoms with E-state index in [2.05, 4.69) is 15.7 Å². The number of nitrogen functional groups attached to an aromatic ring is 1. The highest BCUT2D eigenvalue weighted by molar-refractivity contribution is 5.99. The van der Waals surface area contributed by atoms with Gasteiger partial charge in [-0.1, -0.05) is 29.8 Å². The molecule has 3 N–H and O–H groups in total. The predicted octanol–water partition coefficient (Wildman–Crippen LogP) is 4.69. The summed E-state index contributed by atoms with van der Waals surface area (Å²) in [5.74, 6) is -1.01. The first-order valence-corrected chi connectivity index (χ1v) is 8.47. The second-order valence-corrected chi connectivity index (χ2v) is 6.00. The number of para-hydroxylation sites is 1. The van der Waals surface area contributed by atoms with Crippen LogP contribution >= 0.6 is 0 Å². The van der Waals surface area contributed by atoms with Crippen molar-refractivity contribution in [3.63, 3.8) is 0 Å². The number of anilines is 2. The molecule has 1 amide bonds. The first-order chi connectivity index (χ1) is 13.5. The summed E-state index contributed by atoms with van der Waals surface area (Å²) >= 11 is 0. The molecule has 0 atom stereocenters. The van der Waals surface area contributed by atoms with E-state index in [9.17, 15) is 9.59 Å². The molecule has 0 fully saturated rings. The summed E-state index contributed by atoms with van der Waals surface area (Å²) in [6.45, 7) is 1.94. The largest absolute Gasteiger partial charge is 0.398 e. The summed E-state index contributed by atoms with van der Waals surface area (Å²) < 4.78 is 0. The zero-order chi connectivity index (χ0) is 19.9. The van der Waals surface area contributed by atoms with Crippen molar-refractivity contribution in [2.24, 2.45) is 10.2 Å². The third-order valence-corrected chi connectivity index (χ3v) is 3.86. The Bertz CT molecular complexity index is 1010. The molecular formula is C21H18N4O3. The van der Waals surface area contributed by atoms with Crippen LogP contribution in [0.1, 0.15) is 26.3 Å². The van der Waals surface area contributed by atoms with Gasteiger partial charge >= 0.3 is 5.97 Å². The van der Waals surface area contributed by atoms with Gasteiger partial charge < -0.3 is 10.6 Å². The number of hydrogen-bond acceptors (Lipinski definition) is 6. The number of rotatable bonds is 5.